The van der Waals surface area contributed by atoms with Crippen LogP contribution >= 0.6 is 0 Å². The first-order chi connectivity index (χ1) is 34.5. The van der Waals surface area contributed by atoms with Crippen molar-refractivity contribution < 1.29 is 89.0 Å². The number of aliphatic carboxylic acids is 1. The van der Waals surface area contributed by atoms with E-state index < -0.39 is 110 Å². The molecule has 0 saturated heterocycles. The molecule has 1 amide bonds. The van der Waals surface area contributed by atoms with E-state index in [2.05, 4.69) is 10.3 Å². The van der Waals surface area contributed by atoms with Crippen LogP contribution in [0.15, 0.2) is 144 Å². The quantitative estimate of drug-likeness (QED) is 0.0488. The van der Waals surface area contributed by atoms with Gasteiger partial charge in [-0.05, 0) is 89.0 Å². The Hall–Kier alpha value is -7.18. The Morgan fingerprint density at radius 3 is 1.95 bits per heavy atom. The summed E-state index contributed by atoms with van der Waals surface area (Å²) in [5.41, 5.74) is -0.956. The number of amides is 1. The number of nitrogens with one attached hydrogen (secondary N) is 2. The van der Waals surface area contributed by atoms with Crippen molar-refractivity contribution in [2.24, 2.45) is 0 Å². The molecule has 6 aromatic rings. The standard InChI is InChI=1S/C47H39N3O19S5/c1-50(19-5-10-41(51)52)47(53)32-8-3-2-7-31(32)42-33-15-17-37(48-24-26-11-12-28-6-4-9-39(35(28)21-26)71(57,58)59)45(73(63,64)65)43(33)69-44-34(42)16-18-38(46(44)74(66,67)68)49-25-27-20-29-13-14-30(70(54,55)56)23-36(29)40(22-27)72(60,61)62/h2-4,6-9,11-18,20-23,48H,5,10,19,24-25H2,1H3,(H,51,52)(H,54,55,56)(H,57,58,59)(H,60,61,62)(H,63,64,65)(H,66,67,68)/p+1. The molecule has 1 aliphatic heterocycles. The van der Waals surface area contributed by atoms with Crippen molar-refractivity contribution in [2.75, 3.05) is 18.9 Å². The van der Waals surface area contributed by atoms with Gasteiger partial charge >= 0.3 is 16.1 Å². The van der Waals surface area contributed by atoms with Crippen LogP contribution < -0.4 is 15.7 Å². The molecular formula is C47H40N3O19S5+. The second kappa shape index (κ2) is 19.6. The van der Waals surface area contributed by atoms with E-state index in [1.54, 1.807) is 18.2 Å². The maximum Gasteiger partial charge on any atom is 0.304 e. The Balaban J connectivity index is 1.38. The zero-order valence-corrected chi connectivity index (χ0v) is 42.1. The number of carboxylic acids is 1. The minimum atomic E-state index is -5.49. The number of nitrogens with zero attached hydrogens (tertiary/aromatic N) is 1. The molecule has 0 spiro atoms. The molecule has 0 fully saturated rings. The van der Waals surface area contributed by atoms with Gasteiger partial charge in [0.1, 0.15) is 9.79 Å². The number of carboxylic acid groups (broad SMARTS) is 1. The molecule has 74 heavy (non-hydrogen) atoms. The Kier molecular flexibility index (Phi) is 14.1. The first-order valence-electron chi connectivity index (χ1n) is 21.4. The lowest BCUT2D eigenvalue weighted by molar-refractivity contribution is -0.520. The van der Waals surface area contributed by atoms with Gasteiger partial charge in [-0.15, -0.1) is 0 Å². The van der Waals surface area contributed by atoms with Gasteiger partial charge in [-0.3, -0.25) is 32.4 Å². The first-order valence-corrected chi connectivity index (χ1v) is 28.6. The molecule has 0 unspecified atom stereocenters. The summed E-state index contributed by atoms with van der Waals surface area (Å²) in [6, 6.07) is 24.7. The molecule has 0 saturated carbocycles. The van der Waals surface area contributed by atoms with Gasteiger partial charge in [-0.25, -0.2) is 4.99 Å². The zero-order chi connectivity index (χ0) is 53.9. The summed E-state index contributed by atoms with van der Waals surface area (Å²) >= 11 is 0. The van der Waals surface area contributed by atoms with Crippen molar-refractivity contribution in [3.05, 3.63) is 137 Å². The van der Waals surface area contributed by atoms with Crippen molar-refractivity contribution in [1.29, 1.82) is 0 Å². The average molecular weight is 1110 g/mol. The van der Waals surface area contributed by atoms with Crippen LogP contribution in [0.3, 0.4) is 0 Å². The summed E-state index contributed by atoms with van der Waals surface area (Å²) in [6.45, 7) is -0.795. The highest BCUT2D eigenvalue weighted by Gasteiger charge is 2.34. The molecule has 8 N–H and O–H groups in total. The van der Waals surface area contributed by atoms with E-state index >= 15 is 0 Å². The second-order valence-electron chi connectivity index (χ2n) is 16.8. The molecule has 0 atom stereocenters. The minimum absolute atomic E-state index is 0.0205. The van der Waals surface area contributed by atoms with Gasteiger partial charge in [0.15, 0.2) is 22.8 Å². The van der Waals surface area contributed by atoms with Gasteiger partial charge in [0.2, 0.25) is 10.3 Å². The molecular weight excluding hydrogens is 1070 g/mol. The molecule has 0 radical (unpaired) electrons. The highest BCUT2D eigenvalue weighted by Crippen LogP contribution is 2.46. The Morgan fingerprint density at radius 1 is 0.608 bits per heavy atom. The van der Waals surface area contributed by atoms with Crippen LogP contribution in [0.2, 0.25) is 0 Å². The largest absolute Gasteiger partial charge is 0.481 e. The summed E-state index contributed by atoms with van der Waals surface area (Å²) in [5.74, 6) is -2.51. The minimum Gasteiger partial charge on any atom is -0.481 e. The van der Waals surface area contributed by atoms with Crippen LogP contribution in [0.1, 0.15) is 34.3 Å². The average Bonchev–Trinajstić information content (AvgIpc) is 3.31. The Bertz CT molecular complexity index is 4310. The molecule has 2 aliphatic rings. The fourth-order valence-corrected chi connectivity index (χ4v) is 12.1. The molecule has 6 aromatic carbocycles. The fourth-order valence-electron chi connectivity index (χ4n) is 8.57. The van der Waals surface area contributed by atoms with Crippen LogP contribution in [0.4, 0.5) is 5.69 Å². The summed E-state index contributed by atoms with van der Waals surface area (Å²) in [7, 11) is -24.2. The highest BCUT2D eigenvalue weighted by atomic mass is 32.2. The summed E-state index contributed by atoms with van der Waals surface area (Å²) in [5, 5.41) is 11.8. The third kappa shape index (κ3) is 10.9. The molecule has 8 rings (SSSR count). The van der Waals surface area contributed by atoms with Crippen molar-refractivity contribution in [3.8, 4) is 22.5 Å². The van der Waals surface area contributed by atoms with E-state index in [1.165, 1.54) is 84.7 Å². The molecule has 27 heteroatoms. The van der Waals surface area contributed by atoms with Gasteiger partial charge < -0.3 is 19.7 Å². The van der Waals surface area contributed by atoms with Crippen molar-refractivity contribution in [3.63, 3.8) is 0 Å². The maximum absolute atomic E-state index is 14.2. The number of carbonyl (C=O) groups excluding carboxylic acids is 1. The SMILES string of the molecule is CN(CCCC(=O)O)C(=O)c1ccccc1-c1c2ccc(=[NH+]Cc3cc(S(=O)(=O)O)c4cc(S(=O)(=O)O)ccc4c3)c(S(=O)(=O)O)c-2oc2c(S(=O)(=O)O)c(NCc3ccc4cccc(S(=O)(=O)O)c4c3)ccc12. The van der Waals surface area contributed by atoms with Crippen LogP contribution in [-0.2, 0) is 68.5 Å². The number of anilines is 1. The number of fused-ring (bicyclic) bond motifs is 4. The Labute approximate surface area is 421 Å². The molecule has 0 aromatic heterocycles. The summed E-state index contributed by atoms with van der Waals surface area (Å²) in [4.78, 5) is 25.6. The summed E-state index contributed by atoms with van der Waals surface area (Å²) < 4.78 is 186. The van der Waals surface area contributed by atoms with Gasteiger partial charge in [0.05, 0.1) is 10.6 Å². The van der Waals surface area contributed by atoms with E-state index in [4.69, 9.17) is 4.42 Å². The van der Waals surface area contributed by atoms with Crippen LogP contribution in [0.25, 0.3) is 55.0 Å². The second-order valence-corrected chi connectivity index (χ2v) is 23.7. The molecule has 0 bridgehead atoms. The third-order valence-corrected chi connectivity index (χ3v) is 16.3. The topological polar surface area (TPSA) is 369 Å². The van der Waals surface area contributed by atoms with E-state index in [0.717, 1.165) is 24.3 Å². The predicted molar refractivity (Wildman–Crippen MR) is 264 cm³/mol. The molecule has 1 heterocycles. The number of hydrogen-bond acceptors (Lipinski definition) is 14. The number of hydrogen-bond donors (Lipinski definition) is 8. The number of benzene rings is 7. The summed E-state index contributed by atoms with van der Waals surface area (Å²) in [6.07, 6.45) is -0.214. The fraction of sp³-hybridized carbons (Fsp3) is 0.128. The van der Waals surface area contributed by atoms with Gasteiger partial charge in [0.25, 0.3) is 46.4 Å². The highest BCUT2D eigenvalue weighted by molar-refractivity contribution is 7.87. The normalized spacial score (nSPS) is 13.0. The maximum atomic E-state index is 14.2. The lowest BCUT2D eigenvalue weighted by Crippen LogP contribution is -2.75. The van der Waals surface area contributed by atoms with E-state index in [0.29, 0.717) is 10.9 Å². The first kappa shape index (κ1) is 53.1. The van der Waals surface area contributed by atoms with Crippen LogP contribution in [0.5, 0.6) is 0 Å². The molecule has 22 nitrogen and oxygen atoms in total. The number of rotatable bonds is 16. The van der Waals surface area contributed by atoms with E-state index in [9.17, 15) is 79.5 Å². The van der Waals surface area contributed by atoms with Gasteiger partial charge in [-0.2, -0.15) is 42.1 Å². The molecule has 1 aliphatic carbocycles. The van der Waals surface area contributed by atoms with Crippen LogP contribution in [0, 0.1) is 0 Å². The molecule has 386 valence electrons. The lowest BCUT2D eigenvalue weighted by Gasteiger charge is -2.22. The van der Waals surface area contributed by atoms with Crippen LogP contribution in [-0.4, -0.2) is 100 Å². The number of carbonyl (C=O) groups is 2. The van der Waals surface area contributed by atoms with Crippen molar-refractivity contribution >= 4 is 101 Å². The van der Waals surface area contributed by atoms with E-state index in [1.807, 2.05) is 0 Å². The van der Waals surface area contributed by atoms with Gasteiger partial charge in [0, 0.05) is 71.0 Å². The van der Waals surface area contributed by atoms with E-state index in [-0.39, 0.29) is 81.0 Å². The smallest absolute Gasteiger partial charge is 0.304 e. The van der Waals surface area contributed by atoms with Crippen molar-refractivity contribution in [2.45, 2.75) is 50.4 Å². The van der Waals surface area contributed by atoms with Gasteiger partial charge in [-0.1, -0.05) is 48.5 Å². The lowest BCUT2D eigenvalue weighted by atomic mass is 9.90. The van der Waals surface area contributed by atoms with Crippen molar-refractivity contribution in [1.82, 2.24) is 4.90 Å². The monoisotopic (exact) mass is 1110 g/mol. The Morgan fingerprint density at radius 2 is 1.28 bits per heavy atom. The third-order valence-electron chi connectivity index (χ3n) is 11.8. The predicted octanol–water partition coefficient (Wildman–Crippen LogP) is 4.47. The zero-order valence-electron chi connectivity index (χ0n) is 38.0.